The van der Waals surface area contributed by atoms with E-state index >= 15 is 0 Å². The average Bonchev–Trinajstić information content (AvgIpc) is 3.09. The van der Waals surface area contributed by atoms with Crippen molar-refractivity contribution in [3.63, 3.8) is 0 Å². The van der Waals surface area contributed by atoms with Crippen LogP contribution < -0.4 is 10.6 Å². The van der Waals surface area contributed by atoms with Crippen LogP contribution in [-0.4, -0.2) is 53.6 Å². The first-order valence-electron chi connectivity index (χ1n) is 10.5. The molecular weight excluding hydrogens is 475 g/mol. The van der Waals surface area contributed by atoms with Crippen LogP contribution in [0.2, 0.25) is 0 Å². The molecule has 0 atom stereocenters. The number of nitrogens with zero attached hydrogens (tertiary/aromatic N) is 4. The van der Waals surface area contributed by atoms with Gasteiger partial charge in [-0.05, 0) is 50.0 Å². The molecular formula is C22H35IN6. The summed E-state index contributed by atoms with van der Waals surface area (Å²) in [4.78, 5) is 11.0. The molecule has 0 unspecified atom stereocenters. The van der Waals surface area contributed by atoms with E-state index in [0.717, 1.165) is 32.0 Å². The van der Waals surface area contributed by atoms with Crippen LogP contribution in [0.4, 0.5) is 0 Å². The van der Waals surface area contributed by atoms with Gasteiger partial charge in [-0.25, -0.2) is 4.98 Å². The minimum atomic E-state index is 0. The zero-order chi connectivity index (χ0) is 19.4. The van der Waals surface area contributed by atoms with Gasteiger partial charge in [0.2, 0.25) is 0 Å². The van der Waals surface area contributed by atoms with Crippen molar-refractivity contribution in [2.24, 2.45) is 4.99 Å². The van der Waals surface area contributed by atoms with Crippen LogP contribution in [0.25, 0.3) is 0 Å². The third kappa shape index (κ3) is 8.74. The van der Waals surface area contributed by atoms with Crippen LogP contribution in [0.5, 0.6) is 0 Å². The summed E-state index contributed by atoms with van der Waals surface area (Å²) in [7, 11) is 1.83. The Kier molecular flexibility index (Phi) is 11.1. The Balaban J connectivity index is 0.00000300. The van der Waals surface area contributed by atoms with Gasteiger partial charge < -0.3 is 20.1 Å². The summed E-state index contributed by atoms with van der Waals surface area (Å²) in [5.74, 6) is 0.873. The number of guanidine groups is 1. The monoisotopic (exact) mass is 510 g/mol. The van der Waals surface area contributed by atoms with E-state index in [4.69, 9.17) is 0 Å². The van der Waals surface area contributed by atoms with Crippen molar-refractivity contribution in [2.45, 2.75) is 45.2 Å². The fourth-order valence-electron chi connectivity index (χ4n) is 3.63. The molecule has 0 amide bonds. The van der Waals surface area contributed by atoms with E-state index in [1.165, 1.54) is 56.4 Å². The summed E-state index contributed by atoms with van der Waals surface area (Å²) in [6, 6.07) is 8.69. The molecule has 1 aliphatic rings. The van der Waals surface area contributed by atoms with Crippen molar-refractivity contribution < 1.29 is 0 Å². The number of halogens is 1. The Labute approximate surface area is 192 Å². The van der Waals surface area contributed by atoms with Crippen molar-refractivity contribution >= 4 is 29.9 Å². The third-order valence-electron chi connectivity index (χ3n) is 5.27. The van der Waals surface area contributed by atoms with Crippen molar-refractivity contribution in [3.05, 3.63) is 54.1 Å². The first kappa shape index (κ1) is 23.7. The highest BCUT2D eigenvalue weighted by atomic mass is 127. The molecule has 7 heteroatoms. The SMILES string of the molecule is CN=C(NCCCN1CCCCCC1)NCc1ccc(Cn2ccnc2)cc1.I. The van der Waals surface area contributed by atoms with Gasteiger partial charge in [0, 0.05) is 39.1 Å². The molecule has 3 rings (SSSR count). The lowest BCUT2D eigenvalue weighted by molar-refractivity contribution is 0.282. The van der Waals surface area contributed by atoms with Gasteiger partial charge >= 0.3 is 0 Å². The van der Waals surface area contributed by atoms with E-state index in [-0.39, 0.29) is 24.0 Å². The number of nitrogens with one attached hydrogen (secondary N) is 2. The Morgan fingerprint density at radius 3 is 2.41 bits per heavy atom. The van der Waals surface area contributed by atoms with Crippen LogP contribution in [0.3, 0.4) is 0 Å². The number of aliphatic imine (C=N–C) groups is 1. The summed E-state index contributed by atoms with van der Waals surface area (Å²) in [5.41, 5.74) is 2.53. The van der Waals surface area contributed by atoms with E-state index in [2.05, 4.69) is 54.3 Å². The summed E-state index contributed by atoms with van der Waals surface area (Å²) in [5, 5.41) is 6.85. The number of hydrogen-bond acceptors (Lipinski definition) is 3. The topological polar surface area (TPSA) is 57.5 Å². The van der Waals surface area contributed by atoms with Crippen molar-refractivity contribution in [1.29, 1.82) is 0 Å². The predicted molar refractivity (Wildman–Crippen MR) is 131 cm³/mol. The fourth-order valence-corrected chi connectivity index (χ4v) is 3.63. The predicted octanol–water partition coefficient (Wildman–Crippen LogP) is 3.48. The number of imidazole rings is 1. The Morgan fingerprint density at radius 1 is 1.03 bits per heavy atom. The van der Waals surface area contributed by atoms with Gasteiger partial charge in [0.15, 0.2) is 5.96 Å². The largest absolute Gasteiger partial charge is 0.356 e. The number of hydrogen-bond donors (Lipinski definition) is 2. The highest BCUT2D eigenvalue weighted by Crippen LogP contribution is 2.09. The molecule has 1 fully saturated rings. The average molecular weight is 510 g/mol. The van der Waals surface area contributed by atoms with Gasteiger partial charge in [-0.3, -0.25) is 4.99 Å². The Hall–Kier alpha value is -1.61. The zero-order valence-corrected chi connectivity index (χ0v) is 19.8. The van der Waals surface area contributed by atoms with E-state index in [1.54, 1.807) is 0 Å². The molecule has 1 aromatic heterocycles. The fraction of sp³-hybridized carbons (Fsp3) is 0.545. The van der Waals surface area contributed by atoms with Gasteiger partial charge in [-0.1, -0.05) is 37.1 Å². The van der Waals surface area contributed by atoms with Crippen molar-refractivity contribution in [1.82, 2.24) is 25.1 Å². The molecule has 160 valence electrons. The maximum atomic E-state index is 4.34. The highest BCUT2D eigenvalue weighted by Gasteiger charge is 2.08. The van der Waals surface area contributed by atoms with Crippen LogP contribution in [0.15, 0.2) is 48.0 Å². The number of benzene rings is 1. The molecule has 2 heterocycles. The van der Waals surface area contributed by atoms with Crippen LogP contribution in [0, 0.1) is 0 Å². The molecule has 0 bridgehead atoms. The van der Waals surface area contributed by atoms with Gasteiger partial charge in [-0.2, -0.15) is 0 Å². The molecule has 1 aliphatic heterocycles. The standard InChI is InChI=1S/C22H34N6.HI/c1-23-22(25-11-6-15-27-13-4-2-3-5-14-27)26-17-20-7-9-21(10-8-20)18-28-16-12-24-19-28;/h7-10,12,16,19H,2-6,11,13-15,17-18H2,1H3,(H2,23,25,26);1H. The molecule has 1 aromatic carbocycles. The molecule has 0 saturated carbocycles. The quantitative estimate of drug-likeness (QED) is 0.247. The summed E-state index contributed by atoms with van der Waals surface area (Å²) in [6.07, 6.45) is 12.3. The lowest BCUT2D eigenvalue weighted by Gasteiger charge is -2.20. The van der Waals surface area contributed by atoms with Gasteiger partial charge in [-0.15, -0.1) is 24.0 Å². The maximum Gasteiger partial charge on any atom is 0.191 e. The van der Waals surface area contributed by atoms with Gasteiger partial charge in [0.05, 0.1) is 6.33 Å². The molecule has 2 aromatic rings. The molecule has 0 spiro atoms. The number of likely N-dealkylation sites (tertiary alicyclic amines) is 1. The first-order chi connectivity index (χ1) is 13.8. The molecule has 2 N–H and O–H groups in total. The molecule has 29 heavy (non-hydrogen) atoms. The summed E-state index contributed by atoms with van der Waals surface area (Å²) >= 11 is 0. The normalized spacial score (nSPS) is 15.4. The van der Waals surface area contributed by atoms with Crippen LogP contribution in [0.1, 0.15) is 43.2 Å². The maximum absolute atomic E-state index is 4.34. The summed E-state index contributed by atoms with van der Waals surface area (Å²) in [6.45, 7) is 6.31. The highest BCUT2D eigenvalue weighted by molar-refractivity contribution is 14.0. The van der Waals surface area contributed by atoms with E-state index in [1.807, 2.05) is 25.8 Å². The van der Waals surface area contributed by atoms with Crippen LogP contribution in [-0.2, 0) is 13.1 Å². The number of rotatable bonds is 8. The van der Waals surface area contributed by atoms with E-state index in [0.29, 0.717) is 0 Å². The second-order valence-corrected chi connectivity index (χ2v) is 7.51. The Bertz CT molecular complexity index is 691. The third-order valence-corrected chi connectivity index (χ3v) is 5.27. The lowest BCUT2D eigenvalue weighted by Crippen LogP contribution is -2.38. The van der Waals surface area contributed by atoms with E-state index in [9.17, 15) is 0 Å². The minimum Gasteiger partial charge on any atom is -0.356 e. The second-order valence-electron chi connectivity index (χ2n) is 7.51. The van der Waals surface area contributed by atoms with Gasteiger partial charge in [0.25, 0.3) is 0 Å². The lowest BCUT2D eigenvalue weighted by atomic mass is 10.1. The van der Waals surface area contributed by atoms with E-state index < -0.39 is 0 Å². The van der Waals surface area contributed by atoms with Crippen molar-refractivity contribution in [3.8, 4) is 0 Å². The summed E-state index contributed by atoms with van der Waals surface area (Å²) < 4.78 is 2.07. The number of aromatic nitrogens is 2. The molecule has 0 radical (unpaired) electrons. The first-order valence-corrected chi connectivity index (χ1v) is 10.5. The second kappa shape index (κ2) is 13.6. The van der Waals surface area contributed by atoms with Crippen LogP contribution >= 0.6 is 24.0 Å². The molecule has 6 nitrogen and oxygen atoms in total. The zero-order valence-electron chi connectivity index (χ0n) is 17.5. The van der Waals surface area contributed by atoms with Gasteiger partial charge in [0.1, 0.15) is 0 Å². The molecule has 0 aliphatic carbocycles. The van der Waals surface area contributed by atoms with Crippen molar-refractivity contribution in [2.75, 3.05) is 33.2 Å². The minimum absolute atomic E-state index is 0. The Morgan fingerprint density at radius 2 is 1.76 bits per heavy atom. The molecule has 1 saturated heterocycles. The smallest absolute Gasteiger partial charge is 0.191 e.